The third kappa shape index (κ3) is 3.48. The summed E-state index contributed by atoms with van der Waals surface area (Å²) in [5.41, 5.74) is 6.79. The molecule has 1 aliphatic rings. The molecule has 1 saturated heterocycles. The van der Waals surface area contributed by atoms with Gasteiger partial charge in [-0.1, -0.05) is 19.1 Å². The number of hydrogen-bond donors (Lipinski definition) is 2. The van der Waals surface area contributed by atoms with E-state index in [1.807, 2.05) is 18.2 Å². The number of fused-ring (bicyclic) bond motifs is 1. The topological polar surface area (TPSA) is 75.0 Å². The molecule has 0 bridgehead atoms. The lowest BCUT2D eigenvalue weighted by atomic mass is 9.90. The summed E-state index contributed by atoms with van der Waals surface area (Å²) in [7, 11) is 0. The molecule has 1 unspecified atom stereocenters. The Kier molecular flexibility index (Phi) is 5.21. The van der Waals surface area contributed by atoms with E-state index in [4.69, 9.17) is 5.73 Å². The van der Waals surface area contributed by atoms with E-state index in [-0.39, 0.29) is 23.4 Å². The lowest BCUT2D eigenvalue weighted by Gasteiger charge is -2.22. The molecule has 3 N–H and O–H groups in total. The van der Waals surface area contributed by atoms with Crippen LogP contribution in [0.15, 0.2) is 29.1 Å². The molecule has 5 nitrogen and oxygen atoms in total. The molecule has 1 atom stereocenters. The van der Waals surface area contributed by atoms with E-state index >= 15 is 0 Å². The van der Waals surface area contributed by atoms with E-state index < -0.39 is 0 Å². The molecular weight excluding hydrogens is 300 g/mol. The van der Waals surface area contributed by atoms with Gasteiger partial charge >= 0.3 is 0 Å². The quantitative estimate of drug-likeness (QED) is 0.895. The van der Waals surface area contributed by atoms with E-state index in [0.29, 0.717) is 5.39 Å². The lowest BCUT2D eigenvalue weighted by Crippen LogP contribution is -2.32. The van der Waals surface area contributed by atoms with Gasteiger partial charge in [0.25, 0.3) is 5.56 Å². The molecule has 1 aliphatic heterocycles. The predicted octanol–water partition coefficient (Wildman–Crippen LogP) is 1.56. The normalized spacial score (nSPS) is 21.9. The number of benzene rings is 1. The second-order valence-corrected chi connectivity index (χ2v) is 6.32. The SMILES string of the molecule is CC1(CN)CCN(CCc2nc3ccccc3c(=O)[nH]2)C1.Cl. The van der Waals surface area contributed by atoms with Crippen molar-refractivity contribution in [2.75, 3.05) is 26.2 Å². The number of rotatable bonds is 4. The Morgan fingerprint density at radius 1 is 1.41 bits per heavy atom. The molecule has 0 spiro atoms. The summed E-state index contributed by atoms with van der Waals surface area (Å²) in [6.45, 7) is 5.99. The summed E-state index contributed by atoms with van der Waals surface area (Å²) in [5.74, 6) is 0.764. The average Bonchev–Trinajstić information content (AvgIpc) is 2.88. The standard InChI is InChI=1S/C16H22N4O.ClH/c1-16(10-17)7-9-20(11-16)8-6-14-18-13-5-3-2-4-12(13)15(21)19-14;/h2-5H,6-11,17H2,1H3,(H,18,19,21);1H. The third-order valence-electron chi connectivity index (χ3n) is 4.46. The van der Waals surface area contributed by atoms with Gasteiger partial charge in [-0.15, -0.1) is 12.4 Å². The largest absolute Gasteiger partial charge is 0.330 e. The Balaban J connectivity index is 0.00000176. The van der Waals surface area contributed by atoms with Crippen molar-refractivity contribution in [2.24, 2.45) is 11.1 Å². The van der Waals surface area contributed by atoms with Gasteiger partial charge in [-0.2, -0.15) is 0 Å². The number of aromatic amines is 1. The smallest absolute Gasteiger partial charge is 0.258 e. The van der Waals surface area contributed by atoms with Gasteiger partial charge in [0.2, 0.25) is 0 Å². The minimum atomic E-state index is -0.0520. The second kappa shape index (κ2) is 6.77. The first-order chi connectivity index (χ1) is 10.1. The molecule has 3 rings (SSSR count). The third-order valence-corrected chi connectivity index (χ3v) is 4.46. The maximum absolute atomic E-state index is 12.0. The van der Waals surface area contributed by atoms with Crippen molar-refractivity contribution in [1.82, 2.24) is 14.9 Å². The van der Waals surface area contributed by atoms with Crippen molar-refractivity contribution in [1.29, 1.82) is 0 Å². The molecular formula is C16H23ClN4O. The van der Waals surface area contributed by atoms with Crippen molar-refractivity contribution in [3.63, 3.8) is 0 Å². The van der Waals surface area contributed by atoms with E-state index in [1.54, 1.807) is 6.07 Å². The van der Waals surface area contributed by atoms with Crippen molar-refractivity contribution < 1.29 is 0 Å². The average molecular weight is 323 g/mol. The molecule has 22 heavy (non-hydrogen) atoms. The summed E-state index contributed by atoms with van der Waals surface area (Å²) in [5, 5.41) is 0.651. The fourth-order valence-electron chi connectivity index (χ4n) is 3.00. The number of hydrogen-bond acceptors (Lipinski definition) is 4. The highest BCUT2D eigenvalue weighted by Crippen LogP contribution is 2.28. The van der Waals surface area contributed by atoms with E-state index in [2.05, 4.69) is 21.8 Å². The molecule has 6 heteroatoms. The molecule has 1 aromatic carbocycles. The van der Waals surface area contributed by atoms with Crippen LogP contribution < -0.4 is 11.3 Å². The number of halogens is 1. The fourth-order valence-corrected chi connectivity index (χ4v) is 3.00. The molecule has 0 saturated carbocycles. The van der Waals surface area contributed by atoms with Crippen molar-refractivity contribution in [3.8, 4) is 0 Å². The molecule has 0 radical (unpaired) electrons. The molecule has 2 aromatic rings. The van der Waals surface area contributed by atoms with Gasteiger partial charge < -0.3 is 15.6 Å². The number of aromatic nitrogens is 2. The number of nitrogens with zero attached hydrogens (tertiary/aromatic N) is 2. The van der Waals surface area contributed by atoms with E-state index in [9.17, 15) is 4.79 Å². The molecule has 2 heterocycles. The molecule has 120 valence electrons. The van der Waals surface area contributed by atoms with Gasteiger partial charge in [0.15, 0.2) is 0 Å². The Morgan fingerprint density at radius 2 is 2.18 bits per heavy atom. The monoisotopic (exact) mass is 322 g/mol. The Bertz CT molecular complexity index is 702. The van der Waals surface area contributed by atoms with Crippen LogP contribution in [0.25, 0.3) is 10.9 Å². The summed E-state index contributed by atoms with van der Waals surface area (Å²) in [6.07, 6.45) is 1.91. The summed E-state index contributed by atoms with van der Waals surface area (Å²) in [4.78, 5) is 21.9. The van der Waals surface area contributed by atoms with E-state index in [1.165, 1.54) is 0 Å². The van der Waals surface area contributed by atoms with Gasteiger partial charge in [0.1, 0.15) is 5.82 Å². The maximum Gasteiger partial charge on any atom is 0.258 e. The van der Waals surface area contributed by atoms with Crippen LogP contribution in [0.4, 0.5) is 0 Å². The number of para-hydroxylation sites is 1. The molecule has 0 aliphatic carbocycles. The lowest BCUT2D eigenvalue weighted by molar-refractivity contribution is 0.281. The zero-order valence-corrected chi connectivity index (χ0v) is 13.7. The van der Waals surface area contributed by atoms with Gasteiger partial charge in [-0.05, 0) is 37.1 Å². The molecule has 0 amide bonds. The van der Waals surface area contributed by atoms with Gasteiger partial charge in [0, 0.05) is 19.5 Å². The van der Waals surface area contributed by atoms with Crippen LogP contribution in [0.1, 0.15) is 19.2 Å². The van der Waals surface area contributed by atoms with Crippen LogP contribution in [0, 0.1) is 5.41 Å². The predicted molar refractivity (Wildman–Crippen MR) is 91.5 cm³/mol. The van der Waals surface area contributed by atoms with Gasteiger partial charge in [-0.25, -0.2) is 4.98 Å². The number of nitrogens with one attached hydrogen (secondary N) is 1. The highest BCUT2D eigenvalue weighted by molar-refractivity contribution is 5.85. The number of likely N-dealkylation sites (tertiary alicyclic amines) is 1. The first kappa shape index (κ1) is 16.9. The zero-order chi connectivity index (χ0) is 14.9. The van der Waals surface area contributed by atoms with Crippen LogP contribution in [-0.4, -0.2) is 41.0 Å². The highest BCUT2D eigenvalue weighted by Gasteiger charge is 2.31. The summed E-state index contributed by atoms with van der Waals surface area (Å²) < 4.78 is 0. The van der Waals surface area contributed by atoms with Crippen LogP contribution in [0.3, 0.4) is 0 Å². The van der Waals surface area contributed by atoms with Crippen LogP contribution in [0.2, 0.25) is 0 Å². The van der Waals surface area contributed by atoms with Crippen LogP contribution in [0.5, 0.6) is 0 Å². The second-order valence-electron chi connectivity index (χ2n) is 6.32. The maximum atomic E-state index is 12.0. The fraction of sp³-hybridized carbons (Fsp3) is 0.500. The minimum Gasteiger partial charge on any atom is -0.330 e. The Morgan fingerprint density at radius 3 is 2.91 bits per heavy atom. The Hall–Kier alpha value is -1.43. The van der Waals surface area contributed by atoms with Gasteiger partial charge in [0.05, 0.1) is 10.9 Å². The highest BCUT2D eigenvalue weighted by atomic mass is 35.5. The first-order valence-corrected chi connectivity index (χ1v) is 7.50. The number of nitrogens with two attached hydrogens (primary N) is 1. The van der Waals surface area contributed by atoms with E-state index in [0.717, 1.165) is 50.4 Å². The molecule has 1 fully saturated rings. The number of H-pyrrole nitrogens is 1. The van der Waals surface area contributed by atoms with Crippen LogP contribution in [-0.2, 0) is 6.42 Å². The summed E-state index contributed by atoms with van der Waals surface area (Å²) >= 11 is 0. The zero-order valence-electron chi connectivity index (χ0n) is 12.8. The van der Waals surface area contributed by atoms with Crippen LogP contribution >= 0.6 is 12.4 Å². The molecule has 1 aromatic heterocycles. The van der Waals surface area contributed by atoms with Gasteiger partial charge in [-0.3, -0.25) is 4.79 Å². The first-order valence-electron chi connectivity index (χ1n) is 7.50. The Labute approximate surface area is 136 Å². The van der Waals surface area contributed by atoms with Crippen molar-refractivity contribution in [2.45, 2.75) is 19.8 Å². The summed E-state index contributed by atoms with van der Waals surface area (Å²) in [6, 6.07) is 7.45. The van der Waals surface area contributed by atoms with Crippen molar-refractivity contribution in [3.05, 3.63) is 40.4 Å². The minimum absolute atomic E-state index is 0. The van der Waals surface area contributed by atoms with Crippen molar-refractivity contribution >= 4 is 23.3 Å².